The SMILES string of the molecule is O=C(O)C1COC2=C1CCCC2. The predicted molar refractivity (Wildman–Crippen MR) is 42.6 cm³/mol. The standard InChI is InChI=1S/C9H12O3/c10-9(11)7-5-12-8-4-2-1-3-6(7)8/h7H,1-5H2,(H,10,11). The summed E-state index contributed by atoms with van der Waals surface area (Å²) in [6.07, 6.45) is 4.13. The fourth-order valence-electron chi connectivity index (χ4n) is 1.94. The van der Waals surface area contributed by atoms with Crippen molar-refractivity contribution in [2.75, 3.05) is 6.61 Å². The molecular formula is C9H12O3. The number of carbonyl (C=O) groups is 1. The Labute approximate surface area is 71.0 Å². The Bertz CT molecular complexity index is 242. The van der Waals surface area contributed by atoms with Gasteiger partial charge < -0.3 is 9.84 Å². The smallest absolute Gasteiger partial charge is 0.314 e. The predicted octanol–water partition coefficient (Wildman–Crippen LogP) is 1.55. The van der Waals surface area contributed by atoms with Gasteiger partial charge in [0.05, 0.1) is 5.76 Å². The Morgan fingerprint density at radius 2 is 2.17 bits per heavy atom. The lowest BCUT2D eigenvalue weighted by Crippen LogP contribution is -2.17. The van der Waals surface area contributed by atoms with Gasteiger partial charge in [0.1, 0.15) is 12.5 Å². The highest BCUT2D eigenvalue weighted by Gasteiger charge is 2.33. The summed E-state index contributed by atoms with van der Waals surface area (Å²) in [7, 11) is 0. The molecule has 0 aromatic heterocycles. The molecule has 0 spiro atoms. The molecule has 66 valence electrons. The van der Waals surface area contributed by atoms with E-state index >= 15 is 0 Å². The summed E-state index contributed by atoms with van der Waals surface area (Å²) < 4.78 is 5.33. The molecule has 1 aliphatic carbocycles. The van der Waals surface area contributed by atoms with Crippen molar-refractivity contribution in [3.63, 3.8) is 0 Å². The van der Waals surface area contributed by atoms with Gasteiger partial charge in [-0.25, -0.2) is 0 Å². The highest BCUT2D eigenvalue weighted by atomic mass is 16.5. The molecular weight excluding hydrogens is 156 g/mol. The lowest BCUT2D eigenvalue weighted by Gasteiger charge is -2.13. The minimum Gasteiger partial charge on any atom is -0.497 e. The number of carboxylic acids is 1. The van der Waals surface area contributed by atoms with Crippen molar-refractivity contribution in [3.8, 4) is 0 Å². The second-order valence-corrected chi connectivity index (χ2v) is 3.36. The van der Waals surface area contributed by atoms with Crippen LogP contribution in [0, 0.1) is 5.92 Å². The fourth-order valence-corrected chi connectivity index (χ4v) is 1.94. The van der Waals surface area contributed by atoms with Gasteiger partial charge in [0.25, 0.3) is 0 Å². The molecule has 0 bridgehead atoms. The maximum Gasteiger partial charge on any atom is 0.314 e. The van der Waals surface area contributed by atoms with Gasteiger partial charge in [0.2, 0.25) is 0 Å². The van der Waals surface area contributed by atoms with Crippen LogP contribution in [0.2, 0.25) is 0 Å². The van der Waals surface area contributed by atoms with Crippen LogP contribution in [0.1, 0.15) is 25.7 Å². The third-order valence-corrected chi connectivity index (χ3v) is 2.60. The molecule has 0 saturated heterocycles. The van der Waals surface area contributed by atoms with Crippen LogP contribution in [-0.2, 0) is 9.53 Å². The van der Waals surface area contributed by atoms with Crippen molar-refractivity contribution in [1.29, 1.82) is 0 Å². The van der Waals surface area contributed by atoms with Crippen molar-refractivity contribution >= 4 is 5.97 Å². The van der Waals surface area contributed by atoms with Crippen LogP contribution in [0.25, 0.3) is 0 Å². The molecule has 1 atom stereocenters. The van der Waals surface area contributed by atoms with Crippen LogP contribution in [0.15, 0.2) is 11.3 Å². The van der Waals surface area contributed by atoms with Crippen LogP contribution < -0.4 is 0 Å². The van der Waals surface area contributed by atoms with Crippen LogP contribution in [0.3, 0.4) is 0 Å². The maximum absolute atomic E-state index is 10.7. The molecule has 12 heavy (non-hydrogen) atoms. The molecule has 0 saturated carbocycles. The van der Waals surface area contributed by atoms with Gasteiger partial charge in [-0.2, -0.15) is 0 Å². The molecule has 2 aliphatic rings. The van der Waals surface area contributed by atoms with E-state index in [1.807, 2.05) is 0 Å². The van der Waals surface area contributed by atoms with Gasteiger partial charge >= 0.3 is 5.97 Å². The van der Waals surface area contributed by atoms with E-state index < -0.39 is 5.97 Å². The molecule has 0 amide bonds. The molecule has 0 aromatic rings. The normalized spacial score (nSPS) is 28.2. The number of carboxylic acid groups (broad SMARTS) is 1. The summed E-state index contributed by atoms with van der Waals surface area (Å²) >= 11 is 0. The number of ether oxygens (including phenoxy) is 1. The minimum atomic E-state index is -0.734. The van der Waals surface area contributed by atoms with Crippen molar-refractivity contribution in [2.45, 2.75) is 25.7 Å². The summed E-state index contributed by atoms with van der Waals surface area (Å²) in [6.45, 7) is 0.361. The largest absolute Gasteiger partial charge is 0.497 e. The Kier molecular flexibility index (Phi) is 1.79. The van der Waals surface area contributed by atoms with E-state index in [9.17, 15) is 4.79 Å². The fraction of sp³-hybridized carbons (Fsp3) is 0.667. The van der Waals surface area contributed by atoms with E-state index in [2.05, 4.69) is 0 Å². The van der Waals surface area contributed by atoms with Gasteiger partial charge in [-0.05, 0) is 24.8 Å². The van der Waals surface area contributed by atoms with Crippen molar-refractivity contribution < 1.29 is 14.6 Å². The van der Waals surface area contributed by atoms with Gasteiger partial charge in [-0.3, -0.25) is 4.79 Å². The lowest BCUT2D eigenvalue weighted by molar-refractivity contribution is -0.140. The highest BCUT2D eigenvalue weighted by Crippen LogP contribution is 2.36. The number of hydrogen-bond donors (Lipinski definition) is 1. The third kappa shape index (κ3) is 1.09. The minimum absolute atomic E-state index is 0.347. The van der Waals surface area contributed by atoms with E-state index in [1.165, 1.54) is 0 Å². The lowest BCUT2D eigenvalue weighted by atomic mass is 9.90. The molecule has 3 heteroatoms. The number of hydrogen-bond acceptors (Lipinski definition) is 2. The zero-order valence-corrected chi connectivity index (χ0v) is 6.88. The maximum atomic E-state index is 10.7. The summed E-state index contributed by atoms with van der Waals surface area (Å²) in [4.78, 5) is 10.7. The second kappa shape index (κ2) is 2.81. The summed E-state index contributed by atoms with van der Waals surface area (Å²) in [5.41, 5.74) is 1.05. The van der Waals surface area contributed by atoms with E-state index in [4.69, 9.17) is 9.84 Å². The zero-order chi connectivity index (χ0) is 8.55. The quantitative estimate of drug-likeness (QED) is 0.646. The molecule has 1 unspecified atom stereocenters. The number of allylic oxidation sites excluding steroid dienone is 1. The molecule has 2 rings (SSSR count). The Morgan fingerprint density at radius 3 is 2.92 bits per heavy atom. The van der Waals surface area contributed by atoms with Gasteiger partial charge in [0.15, 0.2) is 0 Å². The molecule has 0 fully saturated rings. The van der Waals surface area contributed by atoms with E-state index in [0.29, 0.717) is 6.61 Å². The second-order valence-electron chi connectivity index (χ2n) is 3.36. The van der Waals surface area contributed by atoms with Crippen LogP contribution in [-0.4, -0.2) is 17.7 Å². The first-order chi connectivity index (χ1) is 5.79. The van der Waals surface area contributed by atoms with Crippen molar-refractivity contribution in [3.05, 3.63) is 11.3 Å². The van der Waals surface area contributed by atoms with E-state index in [0.717, 1.165) is 37.0 Å². The molecule has 0 radical (unpaired) electrons. The first-order valence-electron chi connectivity index (χ1n) is 4.36. The molecule has 3 nitrogen and oxygen atoms in total. The summed E-state index contributed by atoms with van der Waals surface area (Å²) in [5.74, 6) is -0.115. The summed E-state index contributed by atoms with van der Waals surface area (Å²) in [6, 6.07) is 0. The average molecular weight is 168 g/mol. The first-order valence-corrected chi connectivity index (χ1v) is 4.36. The first kappa shape index (κ1) is 7.65. The van der Waals surface area contributed by atoms with Crippen molar-refractivity contribution in [2.24, 2.45) is 5.92 Å². The molecule has 1 N–H and O–H groups in total. The Hall–Kier alpha value is -0.990. The zero-order valence-electron chi connectivity index (χ0n) is 6.88. The van der Waals surface area contributed by atoms with Gasteiger partial charge in [-0.1, -0.05) is 0 Å². The average Bonchev–Trinajstić information content (AvgIpc) is 2.47. The highest BCUT2D eigenvalue weighted by molar-refractivity contribution is 5.74. The van der Waals surface area contributed by atoms with Crippen LogP contribution in [0.5, 0.6) is 0 Å². The van der Waals surface area contributed by atoms with Crippen LogP contribution >= 0.6 is 0 Å². The van der Waals surface area contributed by atoms with Crippen molar-refractivity contribution in [1.82, 2.24) is 0 Å². The molecule has 0 aromatic carbocycles. The molecule has 1 heterocycles. The number of aliphatic carboxylic acids is 1. The topological polar surface area (TPSA) is 46.5 Å². The Balaban J connectivity index is 2.21. The monoisotopic (exact) mass is 168 g/mol. The van der Waals surface area contributed by atoms with Gasteiger partial charge in [-0.15, -0.1) is 0 Å². The number of rotatable bonds is 1. The summed E-state index contributed by atoms with van der Waals surface area (Å²) in [5, 5.41) is 8.84. The van der Waals surface area contributed by atoms with Crippen LogP contribution in [0.4, 0.5) is 0 Å². The Morgan fingerprint density at radius 1 is 1.42 bits per heavy atom. The molecule has 1 aliphatic heterocycles. The van der Waals surface area contributed by atoms with E-state index in [-0.39, 0.29) is 5.92 Å². The third-order valence-electron chi connectivity index (χ3n) is 2.60. The van der Waals surface area contributed by atoms with Gasteiger partial charge in [0, 0.05) is 6.42 Å². The van der Waals surface area contributed by atoms with E-state index in [1.54, 1.807) is 0 Å².